The third kappa shape index (κ3) is 4.31. The summed E-state index contributed by atoms with van der Waals surface area (Å²) in [5.41, 5.74) is 1.38. The van der Waals surface area contributed by atoms with Gasteiger partial charge in [0.1, 0.15) is 0 Å². The first kappa shape index (κ1) is 19.0. The van der Waals surface area contributed by atoms with Crippen molar-refractivity contribution >= 4 is 46.5 Å². The zero-order valence-electron chi connectivity index (χ0n) is 14.2. The van der Waals surface area contributed by atoms with Crippen molar-refractivity contribution in [2.75, 3.05) is 12.0 Å². The molecule has 2 aromatic heterocycles. The minimum Gasteiger partial charge on any atom is -0.346 e. The summed E-state index contributed by atoms with van der Waals surface area (Å²) in [6, 6.07) is 10.7. The Morgan fingerprint density at radius 3 is 2.69 bits per heavy atom. The highest BCUT2D eigenvalue weighted by Crippen LogP contribution is 2.25. The van der Waals surface area contributed by atoms with Gasteiger partial charge in [0.15, 0.2) is 11.5 Å². The van der Waals surface area contributed by atoms with Crippen LogP contribution >= 0.6 is 35.0 Å². The van der Waals surface area contributed by atoms with E-state index in [1.807, 2.05) is 35.1 Å². The number of amides is 1. The van der Waals surface area contributed by atoms with E-state index in [-0.39, 0.29) is 18.4 Å². The summed E-state index contributed by atoms with van der Waals surface area (Å²) in [5.74, 6) is 1.45. The highest BCUT2D eigenvalue weighted by molar-refractivity contribution is 7.98. The third-order valence-corrected chi connectivity index (χ3v) is 5.35. The van der Waals surface area contributed by atoms with Crippen molar-refractivity contribution in [1.82, 2.24) is 19.9 Å². The van der Waals surface area contributed by atoms with Crippen molar-refractivity contribution < 1.29 is 4.79 Å². The lowest BCUT2D eigenvalue weighted by Crippen LogP contribution is -2.31. The van der Waals surface area contributed by atoms with E-state index in [0.29, 0.717) is 21.4 Å². The first-order chi connectivity index (χ1) is 12.6. The lowest BCUT2D eigenvalue weighted by atomic mass is 10.1. The molecule has 0 aliphatic heterocycles. The van der Waals surface area contributed by atoms with Crippen LogP contribution in [0.5, 0.6) is 0 Å². The Balaban J connectivity index is 1.81. The molecular formula is C18H18Cl2N4OS. The van der Waals surface area contributed by atoms with Crippen LogP contribution < -0.4 is 5.32 Å². The molecule has 1 aromatic carbocycles. The van der Waals surface area contributed by atoms with Gasteiger partial charge in [-0.1, -0.05) is 35.3 Å². The van der Waals surface area contributed by atoms with Gasteiger partial charge in [-0.25, -0.2) is 0 Å². The fourth-order valence-electron chi connectivity index (χ4n) is 2.71. The van der Waals surface area contributed by atoms with Crippen LogP contribution in [0.25, 0.3) is 5.65 Å². The van der Waals surface area contributed by atoms with Gasteiger partial charge in [0, 0.05) is 16.2 Å². The van der Waals surface area contributed by atoms with Crippen LogP contribution in [0.2, 0.25) is 10.0 Å². The topological polar surface area (TPSA) is 59.3 Å². The monoisotopic (exact) mass is 408 g/mol. The van der Waals surface area contributed by atoms with Crippen molar-refractivity contribution in [3.05, 3.63) is 64.0 Å². The van der Waals surface area contributed by atoms with Crippen LogP contribution in [0.15, 0.2) is 42.6 Å². The highest BCUT2D eigenvalue weighted by Gasteiger charge is 2.21. The zero-order chi connectivity index (χ0) is 18.5. The number of nitrogens with zero attached hydrogens (tertiary/aromatic N) is 3. The molecule has 136 valence electrons. The molecule has 0 fully saturated rings. The number of rotatable bonds is 7. The van der Waals surface area contributed by atoms with Crippen LogP contribution in [-0.2, 0) is 11.2 Å². The molecule has 26 heavy (non-hydrogen) atoms. The van der Waals surface area contributed by atoms with Gasteiger partial charge < -0.3 is 5.32 Å². The van der Waals surface area contributed by atoms with Gasteiger partial charge in [-0.3, -0.25) is 9.20 Å². The maximum absolute atomic E-state index is 12.6. The second-order valence-electron chi connectivity index (χ2n) is 5.77. The number of carbonyl (C=O) groups excluding carboxylic acids is 1. The van der Waals surface area contributed by atoms with Gasteiger partial charge >= 0.3 is 0 Å². The van der Waals surface area contributed by atoms with Crippen LogP contribution in [-0.4, -0.2) is 32.5 Å². The molecular weight excluding hydrogens is 391 g/mol. The van der Waals surface area contributed by atoms with Crippen LogP contribution in [0, 0.1) is 0 Å². The number of aromatic nitrogens is 3. The minimum atomic E-state index is -0.242. The van der Waals surface area contributed by atoms with Crippen molar-refractivity contribution in [2.45, 2.75) is 18.9 Å². The van der Waals surface area contributed by atoms with Crippen molar-refractivity contribution in [2.24, 2.45) is 0 Å². The number of halogens is 2. The molecule has 0 saturated heterocycles. The molecule has 5 nitrogen and oxygen atoms in total. The molecule has 0 unspecified atom stereocenters. The second kappa shape index (κ2) is 8.75. The average molecular weight is 409 g/mol. The number of pyridine rings is 1. The summed E-state index contributed by atoms with van der Waals surface area (Å²) in [6.07, 6.45) is 4.79. The summed E-state index contributed by atoms with van der Waals surface area (Å²) < 4.78 is 1.90. The predicted octanol–water partition coefficient (Wildman–Crippen LogP) is 4.19. The fourth-order valence-corrected chi connectivity index (χ4v) is 3.71. The Hall–Kier alpha value is -1.76. The minimum absolute atomic E-state index is 0.116. The highest BCUT2D eigenvalue weighted by atomic mass is 35.5. The van der Waals surface area contributed by atoms with Gasteiger partial charge in [-0.05, 0) is 48.3 Å². The lowest BCUT2D eigenvalue weighted by Gasteiger charge is -2.17. The first-order valence-corrected chi connectivity index (χ1v) is 10.3. The Morgan fingerprint density at radius 1 is 1.19 bits per heavy atom. The Labute approximate surface area is 166 Å². The Morgan fingerprint density at radius 2 is 1.96 bits per heavy atom. The molecule has 2 heterocycles. The molecule has 8 heteroatoms. The second-order valence-corrected chi connectivity index (χ2v) is 7.57. The summed E-state index contributed by atoms with van der Waals surface area (Å²) in [6.45, 7) is 0. The van der Waals surface area contributed by atoms with E-state index in [1.165, 1.54) is 0 Å². The molecule has 0 bridgehead atoms. The Bertz CT molecular complexity index is 895. The maximum atomic E-state index is 12.6. The molecule has 3 rings (SSSR count). The number of benzene rings is 1. The summed E-state index contributed by atoms with van der Waals surface area (Å²) in [4.78, 5) is 12.6. The van der Waals surface area contributed by atoms with Gasteiger partial charge in [-0.15, -0.1) is 10.2 Å². The standard InChI is InChI=1S/C18H18Cl2N4OS/c1-26-10-8-15(18-23-22-16-7-2-3-9-24(16)18)21-17(25)11-12-13(19)5-4-6-14(12)20/h2-7,9,15H,8,10-11H2,1H3,(H,21,25)/t15-/m0/s1. The number of thioether (sulfide) groups is 1. The number of hydrogen-bond acceptors (Lipinski definition) is 4. The fraction of sp³-hybridized carbons (Fsp3) is 0.278. The number of hydrogen-bond donors (Lipinski definition) is 1. The molecule has 3 aromatic rings. The maximum Gasteiger partial charge on any atom is 0.225 e. The SMILES string of the molecule is CSCC[C@H](NC(=O)Cc1c(Cl)cccc1Cl)c1nnc2ccccn12. The van der Waals surface area contributed by atoms with Gasteiger partial charge in [0.2, 0.25) is 5.91 Å². The van der Waals surface area contributed by atoms with Gasteiger partial charge in [-0.2, -0.15) is 11.8 Å². The van der Waals surface area contributed by atoms with E-state index in [0.717, 1.165) is 17.8 Å². The third-order valence-electron chi connectivity index (χ3n) is 4.00. The molecule has 0 radical (unpaired) electrons. The Kier molecular flexibility index (Phi) is 6.40. The van der Waals surface area contributed by atoms with E-state index in [2.05, 4.69) is 15.5 Å². The average Bonchev–Trinajstić information content (AvgIpc) is 3.06. The lowest BCUT2D eigenvalue weighted by molar-refractivity contribution is -0.121. The largest absolute Gasteiger partial charge is 0.346 e. The summed E-state index contributed by atoms with van der Waals surface area (Å²) in [7, 11) is 0. The predicted molar refractivity (Wildman–Crippen MR) is 107 cm³/mol. The van der Waals surface area contributed by atoms with E-state index < -0.39 is 0 Å². The molecule has 1 atom stereocenters. The van der Waals surface area contributed by atoms with Crippen LogP contribution in [0.1, 0.15) is 23.9 Å². The van der Waals surface area contributed by atoms with E-state index in [4.69, 9.17) is 23.2 Å². The van der Waals surface area contributed by atoms with Crippen LogP contribution in [0.4, 0.5) is 0 Å². The quantitative estimate of drug-likeness (QED) is 0.636. The van der Waals surface area contributed by atoms with Crippen molar-refractivity contribution in [1.29, 1.82) is 0 Å². The molecule has 1 N–H and O–H groups in total. The number of fused-ring (bicyclic) bond motifs is 1. The smallest absolute Gasteiger partial charge is 0.225 e. The van der Waals surface area contributed by atoms with Gasteiger partial charge in [0.05, 0.1) is 12.5 Å². The number of carbonyl (C=O) groups is 1. The first-order valence-electron chi connectivity index (χ1n) is 8.11. The summed E-state index contributed by atoms with van der Waals surface area (Å²) in [5, 5.41) is 12.5. The molecule has 0 aliphatic carbocycles. The van der Waals surface area contributed by atoms with Crippen molar-refractivity contribution in [3.63, 3.8) is 0 Å². The molecule has 0 saturated carbocycles. The van der Waals surface area contributed by atoms with Crippen LogP contribution in [0.3, 0.4) is 0 Å². The molecule has 1 amide bonds. The van der Waals surface area contributed by atoms with Crippen molar-refractivity contribution in [3.8, 4) is 0 Å². The normalized spacial score (nSPS) is 12.3. The van der Waals surface area contributed by atoms with E-state index in [1.54, 1.807) is 30.0 Å². The van der Waals surface area contributed by atoms with Gasteiger partial charge in [0.25, 0.3) is 0 Å². The zero-order valence-corrected chi connectivity index (χ0v) is 16.5. The number of nitrogens with one attached hydrogen (secondary N) is 1. The summed E-state index contributed by atoms with van der Waals surface area (Å²) >= 11 is 14.1. The van der Waals surface area contributed by atoms with E-state index in [9.17, 15) is 4.79 Å². The molecule has 0 spiro atoms. The van der Waals surface area contributed by atoms with E-state index >= 15 is 0 Å². The molecule has 0 aliphatic rings.